The van der Waals surface area contributed by atoms with Gasteiger partial charge in [0.2, 0.25) is 0 Å². The SMILES string of the molecule is c1ccc(-c2cn(CC3CCNC3)nn2)cc1. The maximum atomic E-state index is 4.22. The molecule has 0 saturated carbocycles. The second kappa shape index (κ2) is 4.67. The fourth-order valence-electron chi connectivity index (χ4n) is 2.26. The Kier molecular flexibility index (Phi) is 2.88. The average Bonchev–Trinajstić information content (AvgIpc) is 3.02. The van der Waals surface area contributed by atoms with Gasteiger partial charge >= 0.3 is 0 Å². The van der Waals surface area contributed by atoms with Gasteiger partial charge in [0.15, 0.2) is 0 Å². The van der Waals surface area contributed by atoms with Crippen molar-refractivity contribution in [2.75, 3.05) is 13.1 Å². The first-order chi connectivity index (χ1) is 8.42. The van der Waals surface area contributed by atoms with Crippen LogP contribution in [0.4, 0.5) is 0 Å². The lowest BCUT2D eigenvalue weighted by molar-refractivity contribution is 0.441. The van der Waals surface area contributed by atoms with Crippen LogP contribution in [0.15, 0.2) is 36.5 Å². The third-order valence-corrected chi connectivity index (χ3v) is 3.22. The maximum absolute atomic E-state index is 4.22. The van der Waals surface area contributed by atoms with Crippen LogP contribution in [0.2, 0.25) is 0 Å². The van der Waals surface area contributed by atoms with Crippen LogP contribution in [0, 0.1) is 5.92 Å². The molecule has 1 saturated heterocycles. The summed E-state index contributed by atoms with van der Waals surface area (Å²) in [7, 11) is 0. The van der Waals surface area contributed by atoms with Gasteiger partial charge in [-0.1, -0.05) is 35.5 Å². The van der Waals surface area contributed by atoms with Crippen molar-refractivity contribution in [3.05, 3.63) is 36.5 Å². The Morgan fingerprint density at radius 1 is 1.29 bits per heavy atom. The Hall–Kier alpha value is -1.68. The summed E-state index contributed by atoms with van der Waals surface area (Å²) in [6.45, 7) is 3.19. The zero-order chi connectivity index (χ0) is 11.5. The first kappa shape index (κ1) is 10.5. The van der Waals surface area contributed by atoms with Gasteiger partial charge in [0.05, 0.1) is 6.20 Å². The lowest BCUT2D eigenvalue weighted by Crippen LogP contribution is -2.14. The maximum Gasteiger partial charge on any atom is 0.113 e. The number of rotatable bonds is 3. The topological polar surface area (TPSA) is 42.7 Å². The van der Waals surface area contributed by atoms with Crippen LogP contribution >= 0.6 is 0 Å². The summed E-state index contributed by atoms with van der Waals surface area (Å²) < 4.78 is 1.96. The van der Waals surface area contributed by atoms with Gasteiger partial charge in [0, 0.05) is 12.1 Å². The van der Waals surface area contributed by atoms with Crippen LogP contribution in [0.25, 0.3) is 11.3 Å². The number of hydrogen-bond acceptors (Lipinski definition) is 3. The van der Waals surface area contributed by atoms with E-state index in [0.717, 1.165) is 30.9 Å². The minimum atomic E-state index is 0.695. The summed E-state index contributed by atoms with van der Waals surface area (Å²) in [6, 6.07) is 10.2. The monoisotopic (exact) mass is 228 g/mol. The number of hydrogen-bond donors (Lipinski definition) is 1. The summed E-state index contributed by atoms with van der Waals surface area (Å²) in [4.78, 5) is 0. The zero-order valence-corrected chi connectivity index (χ0v) is 9.71. The molecule has 1 unspecified atom stereocenters. The highest BCUT2D eigenvalue weighted by atomic mass is 15.4. The van der Waals surface area contributed by atoms with E-state index >= 15 is 0 Å². The summed E-state index contributed by atoms with van der Waals surface area (Å²) in [5.41, 5.74) is 2.08. The Balaban J connectivity index is 1.74. The minimum Gasteiger partial charge on any atom is -0.316 e. The van der Waals surface area contributed by atoms with E-state index in [-0.39, 0.29) is 0 Å². The van der Waals surface area contributed by atoms with Crippen LogP contribution in [0.5, 0.6) is 0 Å². The molecule has 0 aliphatic carbocycles. The van der Waals surface area contributed by atoms with Crippen LogP contribution in [-0.4, -0.2) is 28.1 Å². The van der Waals surface area contributed by atoms with Crippen molar-refractivity contribution in [1.82, 2.24) is 20.3 Å². The van der Waals surface area contributed by atoms with Crippen LogP contribution in [-0.2, 0) is 6.54 Å². The predicted molar refractivity (Wildman–Crippen MR) is 66.4 cm³/mol. The number of aromatic nitrogens is 3. The lowest BCUT2D eigenvalue weighted by atomic mass is 10.1. The van der Waals surface area contributed by atoms with E-state index in [1.807, 2.05) is 29.1 Å². The van der Waals surface area contributed by atoms with E-state index in [0.29, 0.717) is 5.92 Å². The Labute approximate surface area is 101 Å². The second-order valence-corrected chi connectivity index (χ2v) is 4.55. The molecule has 88 valence electrons. The second-order valence-electron chi connectivity index (χ2n) is 4.55. The molecule has 0 bridgehead atoms. The van der Waals surface area contributed by atoms with Crippen molar-refractivity contribution in [2.24, 2.45) is 5.92 Å². The molecule has 0 amide bonds. The van der Waals surface area contributed by atoms with E-state index in [4.69, 9.17) is 0 Å². The van der Waals surface area contributed by atoms with Crippen LogP contribution in [0.3, 0.4) is 0 Å². The molecule has 4 heteroatoms. The first-order valence-electron chi connectivity index (χ1n) is 6.08. The van der Waals surface area contributed by atoms with Gasteiger partial charge in [-0.25, -0.2) is 0 Å². The zero-order valence-electron chi connectivity index (χ0n) is 9.71. The highest BCUT2D eigenvalue weighted by Crippen LogP contribution is 2.16. The fourth-order valence-corrected chi connectivity index (χ4v) is 2.26. The van der Waals surface area contributed by atoms with E-state index < -0.39 is 0 Å². The van der Waals surface area contributed by atoms with E-state index in [9.17, 15) is 0 Å². The summed E-state index contributed by atoms with van der Waals surface area (Å²) in [6.07, 6.45) is 3.27. The molecule has 3 rings (SSSR count). The molecule has 4 nitrogen and oxygen atoms in total. The van der Waals surface area contributed by atoms with Crippen molar-refractivity contribution >= 4 is 0 Å². The average molecular weight is 228 g/mol. The normalized spacial score (nSPS) is 19.6. The van der Waals surface area contributed by atoms with Crippen molar-refractivity contribution < 1.29 is 0 Å². The molecule has 0 radical (unpaired) electrons. The first-order valence-corrected chi connectivity index (χ1v) is 6.08. The van der Waals surface area contributed by atoms with Crippen molar-refractivity contribution in [1.29, 1.82) is 0 Å². The summed E-state index contributed by atoms with van der Waals surface area (Å²) in [5.74, 6) is 0.695. The van der Waals surface area contributed by atoms with Gasteiger partial charge in [0.25, 0.3) is 0 Å². The predicted octanol–water partition coefficient (Wildman–Crippen LogP) is 1.55. The molecule has 1 aliphatic heterocycles. The Morgan fingerprint density at radius 3 is 2.94 bits per heavy atom. The third kappa shape index (κ3) is 2.36. The van der Waals surface area contributed by atoms with Crippen LogP contribution in [0.1, 0.15) is 6.42 Å². The lowest BCUT2D eigenvalue weighted by Gasteiger charge is -2.06. The molecule has 1 aromatic heterocycles. The summed E-state index contributed by atoms with van der Waals surface area (Å²) in [5, 5.41) is 11.8. The number of nitrogens with one attached hydrogen (secondary N) is 1. The van der Waals surface area contributed by atoms with Gasteiger partial charge in [-0.2, -0.15) is 0 Å². The molecular formula is C13H16N4. The molecule has 1 aromatic carbocycles. The van der Waals surface area contributed by atoms with Gasteiger partial charge in [0.1, 0.15) is 5.69 Å². The van der Waals surface area contributed by atoms with Gasteiger partial charge in [-0.15, -0.1) is 5.10 Å². The highest BCUT2D eigenvalue weighted by molar-refractivity contribution is 5.57. The van der Waals surface area contributed by atoms with E-state index in [2.05, 4.69) is 27.8 Å². The minimum absolute atomic E-state index is 0.695. The molecule has 2 aromatic rings. The molecule has 2 heterocycles. The molecule has 1 fully saturated rings. The van der Waals surface area contributed by atoms with Crippen molar-refractivity contribution in [3.63, 3.8) is 0 Å². The largest absolute Gasteiger partial charge is 0.316 e. The molecule has 0 spiro atoms. The number of benzene rings is 1. The summed E-state index contributed by atoms with van der Waals surface area (Å²) >= 11 is 0. The Bertz CT molecular complexity index is 471. The van der Waals surface area contributed by atoms with E-state index in [1.165, 1.54) is 6.42 Å². The van der Waals surface area contributed by atoms with Crippen molar-refractivity contribution in [3.8, 4) is 11.3 Å². The van der Waals surface area contributed by atoms with E-state index in [1.54, 1.807) is 0 Å². The molecule has 1 N–H and O–H groups in total. The highest BCUT2D eigenvalue weighted by Gasteiger charge is 2.15. The molecule has 1 aliphatic rings. The molecular weight excluding hydrogens is 212 g/mol. The Morgan fingerprint density at radius 2 is 2.18 bits per heavy atom. The quantitative estimate of drug-likeness (QED) is 0.866. The van der Waals surface area contributed by atoms with Crippen LogP contribution < -0.4 is 5.32 Å². The third-order valence-electron chi connectivity index (χ3n) is 3.22. The van der Waals surface area contributed by atoms with Crippen molar-refractivity contribution in [2.45, 2.75) is 13.0 Å². The van der Waals surface area contributed by atoms with Gasteiger partial charge in [-0.3, -0.25) is 4.68 Å². The van der Waals surface area contributed by atoms with Gasteiger partial charge < -0.3 is 5.32 Å². The molecule has 17 heavy (non-hydrogen) atoms. The smallest absolute Gasteiger partial charge is 0.113 e. The van der Waals surface area contributed by atoms with Gasteiger partial charge in [-0.05, 0) is 25.4 Å². The standard InChI is InChI=1S/C13H16N4/c1-2-4-12(5-3-1)13-10-17(16-15-13)9-11-6-7-14-8-11/h1-5,10-11,14H,6-9H2. The molecule has 1 atom stereocenters. The fraction of sp³-hybridized carbons (Fsp3) is 0.385. The number of nitrogens with zero attached hydrogens (tertiary/aromatic N) is 3.